The van der Waals surface area contributed by atoms with Crippen LogP contribution in [0.2, 0.25) is 0 Å². The topological polar surface area (TPSA) is 95.9 Å². The number of esters is 1. The molecule has 0 bridgehead atoms. The zero-order valence-electron chi connectivity index (χ0n) is 50.5. The maximum Gasteiger partial charge on any atom is 0.305 e. The molecule has 1 amide bonds. The Hall–Kier alpha value is -1.92. The van der Waals surface area contributed by atoms with E-state index in [9.17, 15) is 19.8 Å². The van der Waals surface area contributed by atoms with Crippen molar-refractivity contribution in [2.75, 3.05) is 13.2 Å². The van der Waals surface area contributed by atoms with Crippen molar-refractivity contribution in [1.82, 2.24) is 5.32 Å². The van der Waals surface area contributed by atoms with Gasteiger partial charge in [0.25, 0.3) is 0 Å². The number of aliphatic hydroxyl groups excluding tert-OH is 2. The van der Waals surface area contributed by atoms with Crippen molar-refractivity contribution >= 4 is 11.9 Å². The molecule has 442 valence electrons. The number of amides is 1. The second-order valence-electron chi connectivity index (χ2n) is 23.1. The highest BCUT2D eigenvalue weighted by Gasteiger charge is 2.18. The molecule has 0 aromatic heterocycles. The molecule has 0 aliphatic rings. The number of unbranched alkanes of at least 4 members (excludes halogenated alkanes) is 48. The minimum atomic E-state index is -0.841. The highest BCUT2D eigenvalue weighted by atomic mass is 16.5. The highest BCUT2D eigenvalue weighted by molar-refractivity contribution is 5.76. The van der Waals surface area contributed by atoms with E-state index in [1.807, 2.05) is 6.08 Å². The molecule has 6 heteroatoms. The summed E-state index contributed by atoms with van der Waals surface area (Å²) in [5.41, 5.74) is 0. The van der Waals surface area contributed by atoms with E-state index >= 15 is 0 Å². The normalized spacial score (nSPS) is 12.7. The Morgan fingerprint density at radius 1 is 0.360 bits per heavy atom. The maximum absolute atomic E-state index is 12.4. The third-order valence-electron chi connectivity index (χ3n) is 15.6. The van der Waals surface area contributed by atoms with Crippen LogP contribution in [0, 0.1) is 0 Å². The molecule has 0 aromatic rings. The van der Waals surface area contributed by atoms with Crippen molar-refractivity contribution in [2.45, 2.75) is 379 Å². The van der Waals surface area contributed by atoms with Gasteiger partial charge in [-0.05, 0) is 83.5 Å². The molecule has 0 saturated carbocycles. The zero-order chi connectivity index (χ0) is 54.3. The van der Waals surface area contributed by atoms with Gasteiger partial charge >= 0.3 is 5.97 Å². The molecule has 0 aliphatic heterocycles. The lowest BCUT2D eigenvalue weighted by atomic mass is 10.0. The molecule has 0 radical (unpaired) electrons. The first-order valence-electron chi connectivity index (χ1n) is 33.8. The van der Waals surface area contributed by atoms with Crippen molar-refractivity contribution in [3.8, 4) is 0 Å². The van der Waals surface area contributed by atoms with Crippen molar-refractivity contribution in [1.29, 1.82) is 0 Å². The van der Waals surface area contributed by atoms with Gasteiger partial charge in [-0.25, -0.2) is 0 Å². The number of rotatable bonds is 63. The van der Waals surface area contributed by atoms with Gasteiger partial charge in [0.05, 0.1) is 25.4 Å². The third-order valence-corrected chi connectivity index (χ3v) is 15.6. The fraction of sp³-hybridized carbons (Fsp3) is 0.884. The molecular formula is C69H131NO5. The minimum Gasteiger partial charge on any atom is -0.466 e. The molecule has 2 atom stereocenters. The van der Waals surface area contributed by atoms with Gasteiger partial charge in [-0.1, -0.05) is 307 Å². The van der Waals surface area contributed by atoms with Crippen LogP contribution in [0.4, 0.5) is 0 Å². The Kier molecular flexibility index (Phi) is 63.0. The van der Waals surface area contributed by atoms with Crippen LogP contribution in [0.25, 0.3) is 0 Å². The summed E-state index contributed by atoms with van der Waals surface area (Å²) in [6, 6.07) is -0.624. The predicted molar refractivity (Wildman–Crippen MR) is 329 cm³/mol. The molecule has 0 saturated heterocycles. The average molecular weight is 1050 g/mol. The van der Waals surface area contributed by atoms with Crippen LogP contribution in [0.5, 0.6) is 0 Å². The predicted octanol–water partition coefficient (Wildman–Crippen LogP) is 21.5. The Morgan fingerprint density at radius 3 is 0.947 bits per heavy atom. The molecule has 2 unspecified atom stereocenters. The summed E-state index contributed by atoms with van der Waals surface area (Å²) < 4.78 is 5.49. The summed E-state index contributed by atoms with van der Waals surface area (Å²) >= 11 is 0. The van der Waals surface area contributed by atoms with E-state index in [1.165, 1.54) is 295 Å². The number of hydrogen-bond donors (Lipinski definition) is 3. The van der Waals surface area contributed by atoms with Gasteiger partial charge in [0.2, 0.25) is 5.91 Å². The number of nitrogens with one attached hydrogen (secondary N) is 1. The van der Waals surface area contributed by atoms with Crippen molar-refractivity contribution < 1.29 is 24.5 Å². The Labute approximate surface area is 468 Å². The largest absolute Gasteiger partial charge is 0.466 e. The number of ether oxygens (including phenoxy) is 1. The summed E-state index contributed by atoms with van der Waals surface area (Å²) in [6.45, 7) is 4.90. The van der Waals surface area contributed by atoms with E-state index in [2.05, 4.69) is 43.5 Å². The summed E-state index contributed by atoms with van der Waals surface area (Å²) in [7, 11) is 0. The molecule has 0 aliphatic carbocycles. The van der Waals surface area contributed by atoms with Gasteiger partial charge in [0, 0.05) is 12.8 Å². The number of carbonyl (C=O) groups is 2. The standard InChI is InChI=1S/C69H131NO5/c1-3-5-7-9-11-13-15-16-35-39-43-47-51-55-59-63-69(74)75-64-60-56-52-48-44-40-37-34-32-30-28-26-24-22-20-18-17-19-21-23-25-27-29-31-33-36-38-42-46-50-54-58-62-68(73)70-66(65-71)67(72)61-57-53-49-45-41-14-12-10-8-6-4-2/h16,20,22,35,57,61,66-67,71-72H,3-15,17-19,21,23-34,36-56,58-60,62-65H2,1-2H3,(H,70,73)/b22-20-,35-16-,61-57+. The first-order valence-corrected chi connectivity index (χ1v) is 33.8. The SMILES string of the molecule is CCCCCCCC/C=C\CCCCCCCC(=O)OCCCCCCCCCCCCCC/C=C\CCCCCCCCCCCCCCCCCCC(=O)NC(CO)C(O)/C=C/CCCCCCCCCCC. The van der Waals surface area contributed by atoms with Crippen LogP contribution < -0.4 is 5.32 Å². The molecule has 6 nitrogen and oxygen atoms in total. The van der Waals surface area contributed by atoms with Gasteiger partial charge in [-0.3, -0.25) is 9.59 Å². The fourth-order valence-corrected chi connectivity index (χ4v) is 10.4. The van der Waals surface area contributed by atoms with E-state index in [0.29, 0.717) is 19.4 Å². The van der Waals surface area contributed by atoms with Gasteiger partial charge < -0.3 is 20.3 Å². The molecule has 3 N–H and O–H groups in total. The van der Waals surface area contributed by atoms with Crippen molar-refractivity contribution in [3.63, 3.8) is 0 Å². The highest BCUT2D eigenvalue weighted by Crippen LogP contribution is 2.18. The second-order valence-corrected chi connectivity index (χ2v) is 23.1. The lowest BCUT2D eigenvalue weighted by molar-refractivity contribution is -0.143. The molecule has 0 rings (SSSR count). The Bertz CT molecular complexity index is 1210. The summed E-state index contributed by atoms with van der Waals surface area (Å²) in [6.07, 6.45) is 82.3. The van der Waals surface area contributed by atoms with Crippen LogP contribution >= 0.6 is 0 Å². The number of aliphatic hydroxyl groups is 2. The quantitative estimate of drug-likeness (QED) is 0.0320. The van der Waals surface area contributed by atoms with Gasteiger partial charge in [0.1, 0.15) is 0 Å². The maximum atomic E-state index is 12.4. The number of hydrogen-bond acceptors (Lipinski definition) is 5. The van der Waals surface area contributed by atoms with Gasteiger partial charge in [-0.2, -0.15) is 0 Å². The fourth-order valence-electron chi connectivity index (χ4n) is 10.4. The summed E-state index contributed by atoms with van der Waals surface area (Å²) in [4.78, 5) is 24.5. The monoisotopic (exact) mass is 1050 g/mol. The third kappa shape index (κ3) is 61.2. The number of carbonyl (C=O) groups excluding carboxylic acids is 2. The first-order chi connectivity index (χ1) is 37.0. The summed E-state index contributed by atoms with van der Waals surface area (Å²) in [5.74, 6) is -0.0555. The van der Waals surface area contributed by atoms with Gasteiger partial charge in [0.15, 0.2) is 0 Å². The molecule has 0 heterocycles. The van der Waals surface area contributed by atoms with Crippen LogP contribution in [0.3, 0.4) is 0 Å². The van der Waals surface area contributed by atoms with Crippen LogP contribution in [-0.2, 0) is 14.3 Å². The van der Waals surface area contributed by atoms with E-state index in [1.54, 1.807) is 6.08 Å². The average Bonchev–Trinajstić information content (AvgIpc) is 3.41. The molecule has 0 spiro atoms. The lowest BCUT2D eigenvalue weighted by Crippen LogP contribution is -2.45. The Morgan fingerprint density at radius 2 is 0.627 bits per heavy atom. The van der Waals surface area contributed by atoms with E-state index in [4.69, 9.17) is 4.74 Å². The van der Waals surface area contributed by atoms with Crippen molar-refractivity contribution in [3.05, 3.63) is 36.5 Å². The Balaban J connectivity index is 3.35. The van der Waals surface area contributed by atoms with Gasteiger partial charge in [-0.15, -0.1) is 0 Å². The lowest BCUT2D eigenvalue weighted by Gasteiger charge is -2.20. The zero-order valence-corrected chi connectivity index (χ0v) is 50.5. The van der Waals surface area contributed by atoms with E-state index in [0.717, 1.165) is 44.9 Å². The molecule has 0 aromatic carbocycles. The van der Waals surface area contributed by atoms with Crippen LogP contribution in [0.15, 0.2) is 36.5 Å². The smallest absolute Gasteiger partial charge is 0.305 e. The van der Waals surface area contributed by atoms with Crippen LogP contribution in [0.1, 0.15) is 367 Å². The van der Waals surface area contributed by atoms with E-state index < -0.39 is 12.1 Å². The minimum absolute atomic E-state index is 0.0101. The number of allylic oxidation sites excluding steroid dienone is 5. The molecular weight excluding hydrogens is 923 g/mol. The second kappa shape index (κ2) is 64.6. The van der Waals surface area contributed by atoms with Crippen LogP contribution in [-0.4, -0.2) is 47.4 Å². The first kappa shape index (κ1) is 73.1. The van der Waals surface area contributed by atoms with Crippen molar-refractivity contribution in [2.24, 2.45) is 0 Å². The summed E-state index contributed by atoms with van der Waals surface area (Å²) in [5, 5.41) is 23.0. The van der Waals surface area contributed by atoms with E-state index in [-0.39, 0.29) is 18.5 Å². The molecule has 75 heavy (non-hydrogen) atoms. The molecule has 0 fully saturated rings.